The Hall–Kier alpha value is -0.250. The molecule has 1 heterocycles. The summed E-state index contributed by atoms with van der Waals surface area (Å²) in [7, 11) is 0. The molecule has 0 saturated carbocycles. The molecule has 0 aromatic carbocycles. The molecule has 1 aromatic rings. The highest BCUT2D eigenvalue weighted by atomic mass is 35.5. The minimum atomic E-state index is 0.524. The number of hydrogen-bond acceptors (Lipinski definition) is 3. The van der Waals surface area contributed by atoms with E-state index in [1.807, 2.05) is 12.1 Å². The Morgan fingerprint density at radius 2 is 2.21 bits per heavy atom. The molecule has 1 atom stereocenters. The maximum atomic E-state index is 5.83. The maximum absolute atomic E-state index is 5.83. The van der Waals surface area contributed by atoms with Gasteiger partial charge in [-0.05, 0) is 30.5 Å². The highest BCUT2D eigenvalue weighted by molar-refractivity contribution is 7.19. The molecule has 0 bridgehead atoms. The average Bonchev–Trinajstić information content (AvgIpc) is 2.52. The fourth-order valence-corrected chi connectivity index (χ4v) is 2.18. The van der Waals surface area contributed by atoms with E-state index in [0.717, 1.165) is 22.4 Å². The van der Waals surface area contributed by atoms with E-state index >= 15 is 0 Å². The number of nitrogens with one attached hydrogen (secondary N) is 1. The van der Waals surface area contributed by atoms with Crippen molar-refractivity contribution in [3.8, 4) is 0 Å². The Kier molecular flexibility index (Phi) is 4.72. The van der Waals surface area contributed by atoms with Crippen LogP contribution >= 0.6 is 22.9 Å². The molecule has 0 amide bonds. The van der Waals surface area contributed by atoms with Crippen molar-refractivity contribution >= 4 is 27.9 Å². The van der Waals surface area contributed by atoms with Gasteiger partial charge in [-0.15, -0.1) is 11.3 Å². The largest absolute Gasteiger partial charge is 0.377 e. The van der Waals surface area contributed by atoms with E-state index in [-0.39, 0.29) is 0 Å². The maximum Gasteiger partial charge on any atom is 0.0950 e. The Bertz CT molecular complexity index is 273. The zero-order chi connectivity index (χ0) is 10.6. The van der Waals surface area contributed by atoms with Gasteiger partial charge in [-0.25, -0.2) is 0 Å². The molecular weight excluding hydrogens is 216 g/mol. The lowest BCUT2D eigenvalue weighted by atomic mass is 9.96. The van der Waals surface area contributed by atoms with Gasteiger partial charge in [0.15, 0.2) is 0 Å². The summed E-state index contributed by atoms with van der Waals surface area (Å²) < 4.78 is 0.821. The van der Waals surface area contributed by atoms with Crippen molar-refractivity contribution in [3.05, 3.63) is 16.5 Å². The van der Waals surface area contributed by atoms with E-state index in [2.05, 4.69) is 19.2 Å². The Balaban J connectivity index is 2.39. The molecule has 1 unspecified atom stereocenters. The van der Waals surface area contributed by atoms with Gasteiger partial charge in [-0.2, -0.15) is 0 Å². The number of anilines is 1. The van der Waals surface area contributed by atoms with Gasteiger partial charge in [0, 0.05) is 6.54 Å². The third-order valence-corrected chi connectivity index (χ3v) is 3.55. The highest BCUT2D eigenvalue weighted by Crippen LogP contribution is 2.26. The van der Waals surface area contributed by atoms with Crippen molar-refractivity contribution in [2.75, 3.05) is 18.4 Å². The summed E-state index contributed by atoms with van der Waals surface area (Å²) in [6.45, 7) is 6.04. The Morgan fingerprint density at radius 3 is 2.64 bits per heavy atom. The molecule has 1 aromatic heterocycles. The highest BCUT2D eigenvalue weighted by Gasteiger charge is 2.11. The smallest absolute Gasteiger partial charge is 0.0950 e. The summed E-state index contributed by atoms with van der Waals surface area (Å²) in [5.41, 5.74) is 5.68. The van der Waals surface area contributed by atoms with Gasteiger partial charge in [0.25, 0.3) is 0 Å². The van der Waals surface area contributed by atoms with Crippen LogP contribution < -0.4 is 11.1 Å². The first-order valence-electron chi connectivity index (χ1n) is 4.82. The number of thiophene rings is 1. The average molecular weight is 233 g/mol. The minimum absolute atomic E-state index is 0.524. The summed E-state index contributed by atoms with van der Waals surface area (Å²) in [5, 5.41) is 4.47. The van der Waals surface area contributed by atoms with E-state index in [9.17, 15) is 0 Å². The molecule has 0 aliphatic rings. The quantitative estimate of drug-likeness (QED) is 0.819. The van der Waals surface area contributed by atoms with Crippen LogP contribution in [0.3, 0.4) is 0 Å². The van der Waals surface area contributed by atoms with Crippen molar-refractivity contribution in [1.29, 1.82) is 0 Å². The number of rotatable bonds is 5. The number of nitrogens with two attached hydrogens (primary N) is 1. The fourth-order valence-electron chi connectivity index (χ4n) is 1.23. The summed E-state index contributed by atoms with van der Waals surface area (Å²) in [4.78, 5) is 0. The molecule has 0 fully saturated rings. The van der Waals surface area contributed by atoms with Crippen molar-refractivity contribution < 1.29 is 0 Å². The summed E-state index contributed by atoms with van der Waals surface area (Å²) in [6.07, 6.45) is 0. The number of hydrogen-bond donors (Lipinski definition) is 2. The Morgan fingerprint density at radius 1 is 1.50 bits per heavy atom. The van der Waals surface area contributed by atoms with Crippen molar-refractivity contribution in [3.63, 3.8) is 0 Å². The lowest BCUT2D eigenvalue weighted by molar-refractivity contribution is 0.413. The van der Waals surface area contributed by atoms with Gasteiger partial charge < -0.3 is 11.1 Å². The van der Waals surface area contributed by atoms with Crippen LogP contribution in [0, 0.1) is 11.8 Å². The van der Waals surface area contributed by atoms with Crippen LogP contribution in [0.25, 0.3) is 0 Å². The fraction of sp³-hybridized carbons (Fsp3) is 0.600. The molecule has 4 heteroatoms. The molecule has 0 aliphatic heterocycles. The zero-order valence-electron chi connectivity index (χ0n) is 8.59. The van der Waals surface area contributed by atoms with Crippen LogP contribution in [-0.4, -0.2) is 13.1 Å². The summed E-state index contributed by atoms with van der Waals surface area (Å²) >= 11 is 7.39. The third kappa shape index (κ3) is 3.48. The molecule has 0 spiro atoms. The van der Waals surface area contributed by atoms with E-state index in [1.165, 1.54) is 0 Å². The lowest BCUT2D eigenvalue weighted by Crippen LogP contribution is -2.27. The zero-order valence-corrected chi connectivity index (χ0v) is 10.2. The molecule has 80 valence electrons. The second kappa shape index (κ2) is 5.59. The van der Waals surface area contributed by atoms with Crippen molar-refractivity contribution in [2.24, 2.45) is 17.6 Å². The first-order valence-corrected chi connectivity index (χ1v) is 6.02. The van der Waals surface area contributed by atoms with Crippen LogP contribution in [0.5, 0.6) is 0 Å². The van der Waals surface area contributed by atoms with E-state index in [4.69, 9.17) is 17.3 Å². The normalized spacial score (nSPS) is 13.2. The summed E-state index contributed by atoms with van der Waals surface area (Å²) in [5.74, 6) is 1.14. The van der Waals surface area contributed by atoms with Gasteiger partial charge in [-0.1, -0.05) is 25.4 Å². The third-order valence-electron chi connectivity index (χ3n) is 2.36. The molecule has 0 aliphatic carbocycles. The van der Waals surface area contributed by atoms with Crippen LogP contribution in [0.2, 0.25) is 4.34 Å². The number of halogens is 1. The molecule has 14 heavy (non-hydrogen) atoms. The SMILES string of the molecule is CC(C)C(CN)CNc1ccc(Cl)s1. The van der Waals surface area contributed by atoms with Crippen LogP contribution in [-0.2, 0) is 0 Å². The molecule has 2 nitrogen and oxygen atoms in total. The standard InChI is InChI=1S/C10H17ClN2S/c1-7(2)8(5-12)6-13-10-4-3-9(11)14-10/h3-4,7-8,13H,5-6,12H2,1-2H3. The second-order valence-electron chi connectivity index (χ2n) is 3.72. The van der Waals surface area contributed by atoms with Crippen LogP contribution in [0.15, 0.2) is 12.1 Å². The van der Waals surface area contributed by atoms with Gasteiger partial charge in [0.2, 0.25) is 0 Å². The van der Waals surface area contributed by atoms with Gasteiger partial charge >= 0.3 is 0 Å². The summed E-state index contributed by atoms with van der Waals surface area (Å²) in [6, 6.07) is 3.91. The van der Waals surface area contributed by atoms with Crippen molar-refractivity contribution in [2.45, 2.75) is 13.8 Å². The Labute approximate surface area is 94.5 Å². The second-order valence-corrected chi connectivity index (χ2v) is 5.44. The monoisotopic (exact) mass is 232 g/mol. The molecule has 1 rings (SSSR count). The molecule has 3 N–H and O–H groups in total. The van der Waals surface area contributed by atoms with Crippen LogP contribution in [0.4, 0.5) is 5.00 Å². The minimum Gasteiger partial charge on any atom is -0.377 e. The van der Waals surface area contributed by atoms with Gasteiger partial charge in [-0.3, -0.25) is 0 Å². The van der Waals surface area contributed by atoms with E-state index in [0.29, 0.717) is 11.8 Å². The van der Waals surface area contributed by atoms with Crippen LogP contribution in [0.1, 0.15) is 13.8 Å². The van der Waals surface area contributed by atoms with Gasteiger partial charge in [0.05, 0.1) is 9.34 Å². The van der Waals surface area contributed by atoms with E-state index in [1.54, 1.807) is 11.3 Å². The predicted octanol–water partition coefficient (Wildman–Crippen LogP) is 3.04. The van der Waals surface area contributed by atoms with Gasteiger partial charge in [0.1, 0.15) is 0 Å². The first-order chi connectivity index (χ1) is 6.63. The first kappa shape index (κ1) is 11.8. The van der Waals surface area contributed by atoms with E-state index < -0.39 is 0 Å². The lowest BCUT2D eigenvalue weighted by Gasteiger charge is -2.19. The predicted molar refractivity (Wildman–Crippen MR) is 65.2 cm³/mol. The molecular formula is C10H17ClN2S. The topological polar surface area (TPSA) is 38.0 Å². The molecule has 0 saturated heterocycles. The van der Waals surface area contributed by atoms with Crippen molar-refractivity contribution in [1.82, 2.24) is 0 Å². The molecule has 0 radical (unpaired) electrons.